The average molecular weight is 425 g/mol. The molecule has 3 saturated carbocycles. The standard InChI is InChI=1S/C23H30ClFO4/c1-13(26)23(29-20(28)19(24)25)11-8-18-16-5-4-14-12-15(27)6-9-21(14,2)17(16)7-10-22(18,23)3/h12,16-19H,4-11H2,1-3H3. The first-order valence-corrected chi connectivity index (χ1v) is 11.2. The SMILES string of the molecule is CC(=O)C1(OC(=O)C(F)Cl)CCC2C3CCC4=CC(=O)CCC4(C)C3CCC21C. The van der Waals surface area contributed by atoms with E-state index in [0.29, 0.717) is 24.7 Å². The molecule has 0 aromatic heterocycles. The summed E-state index contributed by atoms with van der Waals surface area (Å²) in [7, 11) is 0. The Labute approximate surface area is 176 Å². The number of rotatable bonds is 3. The van der Waals surface area contributed by atoms with E-state index in [1.807, 2.05) is 6.08 Å². The molecule has 0 spiro atoms. The predicted molar refractivity (Wildman–Crippen MR) is 107 cm³/mol. The van der Waals surface area contributed by atoms with Gasteiger partial charge in [0.2, 0.25) is 0 Å². The molecule has 0 heterocycles. The van der Waals surface area contributed by atoms with Crippen LogP contribution in [0.15, 0.2) is 11.6 Å². The summed E-state index contributed by atoms with van der Waals surface area (Å²) >= 11 is 5.32. The number of ether oxygens (including phenoxy) is 1. The zero-order valence-corrected chi connectivity index (χ0v) is 18.2. The van der Waals surface area contributed by atoms with E-state index in [1.165, 1.54) is 12.5 Å². The van der Waals surface area contributed by atoms with Crippen LogP contribution in [0.3, 0.4) is 0 Å². The Morgan fingerprint density at radius 3 is 2.48 bits per heavy atom. The highest BCUT2D eigenvalue weighted by atomic mass is 35.5. The van der Waals surface area contributed by atoms with E-state index in [1.54, 1.807) is 0 Å². The molecule has 0 aromatic rings. The molecule has 0 bridgehead atoms. The Morgan fingerprint density at radius 2 is 1.83 bits per heavy atom. The summed E-state index contributed by atoms with van der Waals surface area (Å²) in [5.74, 6) is -0.00519. The van der Waals surface area contributed by atoms with E-state index in [2.05, 4.69) is 13.8 Å². The summed E-state index contributed by atoms with van der Waals surface area (Å²) < 4.78 is 19.0. The molecule has 0 amide bonds. The molecule has 0 N–H and O–H groups in total. The van der Waals surface area contributed by atoms with Crippen LogP contribution in [0.4, 0.5) is 4.39 Å². The quantitative estimate of drug-likeness (QED) is 0.476. The third-order valence-corrected chi connectivity index (χ3v) is 9.28. The first kappa shape index (κ1) is 21.0. The normalized spacial score (nSPS) is 44.8. The molecule has 4 nitrogen and oxygen atoms in total. The largest absolute Gasteiger partial charge is 0.447 e. The van der Waals surface area contributed by atoms with Crippen LogP contribution >= 0.6 is 11.6 Å². The van der Waals surface area contributed by atoms with Gasteiger partial charge in [-0.1, -0.05) is 31.0 Å². The maximum Gasteiger partial charge on any atom is 0.357 e. The minimum absolute atomic E-state index is 0.0382. The van der Waals surface area contributed by atoms with Gasteiger partial charge < -0.3 is 4.74 Å². The van der Waals surface area contributed by atoms with Gasteiger partial charge in [-0.05, 0) is 81.1 Å². The van der Waals surface area contributed by atoms with Gasteiger partial charge >= 0.3 is 5.97 Å². The van der Waals surface area contributed by atoms with Gasteiger partial charge in [0.25, 0.3) is 5.63 Å². The van der Waals surface area contributed by atoms with Crippen LogP contribution < -0.4 is 0 Å². The number of hydrogen-bond donors (Lipinski definition) is 0. The summed E-state index contributed by atoms with van der Waals surface area (Å²) in [6.07, 6.45) is 8.18. The second kappa shape index (κ2) is 6.90. The number of Topliss-reactive ketones (excluding diaryl/α,β-unsaturated/α-hetero) is 1. The van der Waals surface area contributed by atoms with Crippen LogP contribution in [0.25, 0.3) is 0 Å². The van der Waals surface area contributed by atoms with Crippen LogP contribution in [0.5, 0.6) is 0 Å². The zero-order chi connectivity index (χ0) is 21.2. The highest BCUT2D eigenvalue weighted by molar-refractivity contribution is 6.28. The van der Waals surface area contributed by atoms with Crippen LogP contribution in [0, 0.1) is 28.6 Å². The molecule has 4 aliphatic rings. The zero-order valence-electron chi connectivity index (χ0n) is 17.4. The lowest BCUT2D eigenvalue weighted by Gasteiger charge is -2.59. The summed E-state index contributed by atoms with van der Waals surface area (Å²) in [4.78, 5) is 36.8. The molecule has 0 aliphatic heterocycles. The van der Waals surface area contributed by atoms with Crippen molar-refractivity contribution < 1.29 is 23.5 Å². The molecule has 6 heteroatoms. The summed E-state index contributed by atoms with van der Waals surface area (Å²) in [5, 5.41) is 0. The lowest BCUT2D eigenvalue weighted by Crippen LogP contribution is -2.59. The van der Waals surface area contributed by atoms with E-state index in [0.717, 1.165) is 38.5 Å². The predicted octanol–water partition coefficient (Wildman–Crippen LogP) is 4.92. The number of carbonyl (C=O) groups excluding carboxylic acids is 3. The summed E-state index contributed by atoms with van der Waals surface area (Å²) in [6.45, 7) is 5.80. The van der Waals surface area contributed by atoms with E-state index < -0.39 is 22.6 Å². The minimum Gasteiger partial charge on any atom is -0.447 e. The summed E-state index contributed by atoms with van der Waals surface area (Å²) in [5.41, 5.74) is -2.73. The van der Waals surface area contributed by atoms with Crippen molar-refractivity contribution in [2.75, 3.05) is 0 Å². The van der Waals surface area contributed by atoms with Crippen molar-refractivity contribution in [3.63, 3.8) is 0 Å². The number of hydrogen-bond acceptors (Lipinski definition) is 4. The number of esters is 1. The number of carbonyl (C=O) groups is 3. The maximum absolute atomic E-state index is 13.4. The van der Waals surface area contributed by atoms with Gasteiger partial charge in [0.1, 0.15) is 0 Å². The fourth-order valence-electron chi connectivity index (χ4n) is 7.59. The van der Waals surface area contributed by atoms with E-state index in [-0.39, 0.29) is 22.9 Å². The van der Waals surface area contributed by atoms with E-state index >= 15 is 0 Å². The van der Waals surface area contributed by atoms with Crippen LogP contribution in [-0.2, 0) is 19.1 Å². The molecule has 4 aliphatic carbocycles. The minimum atomic E-state index is -2.26. The van der Waals surface area contributed by atoms with E-state index in [9.17, 15) is 18.8 Å². The molecule has 160 valence electrons. The van der Waals surface area contributed by atoms with Gasteiger partial charge in [0, 0.05) is 11.8 Å². The van der Waals surface area contributed by atoms with Crippen molar-refractivity contribution in [3.05, 3.63) is 11.6 Å². The topological polar surface area (TPSA) is 60.4 Å². The Kier molecular flexibility index (Phi) is 5.00. The average Bonchev–Trinajstić information content (AvgIpc) is 2.96. The van der Waals surface area contributed by atoms with Crippen molar-refractivity contribution in [2.45, 2.75) is 83.4 Å². The first-order valence-electron chi connectivity index (χ1n) is 10.8. The Bertz CT molecular complexity index is 792. The van der Waals surface area contributed by atoms with Crippen molar-refractivity contribution in [1.29, 1.82) is 0 Å². The molecule has 7 unspecified atom stereocenters. The molecular weight excluding hydrogens is 395 g/mol. The molecule has 0 saturated heterocycles. The molecule has 4 rings (SSSR count). The smallest absolute Gasteiger partial charge is 0.357 e. The molecular formula is C23H30ClFO4. The Balaban J connectivity index is 1.68. The fourth-order valence-corrected chi connectivity index (χ4v) is 7.64. The van der Waals surface area contributed by atoms with Gasteiger partial charge in [-0.2, -0.15) is 0 Å². The number of ketones is 2. The lowest BCUT2D eigenvalue weighted by molar-refractivity contribution is -0.190. The third-order valence-electron chi connectivity index (χ3n) is 9.10. The Morgan fingerprint density at radius 1 is 1.14 bits per heavy atom. The van der Waals surface area contributed by atoms with Crippen molar-refractivity contribution in [2.24, 2.45) is 28.6 Å². The van der Waals surface area contributed by atoms with Crippen LogP contribution in [-0.4, -0.2) is 28.8 Å². The summed E-state index contributed by atoms with van der Waals surface area (Å²) in [6, 6.07) is 0. The van der Waals surface area contributed by atoms with Crippen molar-refractivity contribution in [3.8, 4) is 0 Å². The maximum atomic E-state index is 13.4. The van der Waals surface area contributed by atoms with Gasteiger partial charge in [-0.3, -0.25) is 9.59 Å². The third kappa shape index (κ3) is 2.86. The van der Waals surface area contributed by atoms with E-state index in [4.69, 9.17) is 16.3 Å². The second-order valence-electron chi connectivity index (χ2n) is 10.1. The second-order valence-corrected chi connectivity index (χ2v) is 10.5. The lowest BCUT2D eigenvalue weighted by atomic mass is 9.46. The van der Waals surface area contributed by atoms with Gasteiger partial charge in [0.05, 0.1) is 0 Å². The van der Waals surface area contributed by atoms with Crippen molar-refractivity contribution in [1.82, 2.24) is 0 Å². The Hall–Kier alpha value is -1.23. The van der Waals surface area contributed by atoms with Crippen molar-refractivity contribution >= 4 is 29.1 Å². The molecule has 7 atom stereocenters. The van der Waals surface area contributed by atoms with Crippen LogP contribution in [0.2, 0.25) is 0 Å². The van der Waals surface area contributed by atoms with Gasteiger partial charge in [-0.25, -0.2) is 9.18 Å². The molecule has 0 radical (unpaired) electrons. The molecule has 0 aromatic carbocycles. The monoisotopic (exact) mass is 424 g/mol. The number of alkyl halides is 2. The highest BCUT2D eigenvalue weighted by Crippen LogP contribution is 2.68. The molecule has 3 fully saturated rings. The van der Waals surface area contributed by atoms with Gasteiger partial charge in [0.15, 0.2) is 17.2 Å². The number of allylic oxidation sites excluding steroid dienone is 1. The highest BCUT2D eigenvalue weighted by Gasteiger charge is 2.68. The first-order chi connectivity index (χ1) is 13.5. The molecule has 29 heavy (non-hydrogen) atoms. The number of fused-ring (bicyclic) bond motifs is 5. The fraction of sp³-hybridized carbons (Fsp3) is 0.783. The number of halogens is 2. The van der Waals surface area contributed by atoms with Gasteiger partial charge in [-0.15, -0.1) is 0 Å². The van der Waals surface area contributed by atoms with Crippen LogP contribution in [0.1, 0.15) is 72.1 Å².